The molecule has 0 aliphatic carbocycles. The predicted molar refractivity (Wildman–Crippen MR) is 43.1 cm³/mol. The summed E-state index contributed by atoms with van der Waals surface area (Å²) in [5.41, 5.74) is 0. The second kappa shape index (κ2) is 5.56. The van der Waals surface area contributed by atoms with E-state index >= 15 is 0 Å². The Balaban J connectivity index is 4.73. The lowest BCUT2D eigenvalue weighted by Crippen LogP contribution is -2.47. The van der Waals surface area contributed by atoms with Crippen molar-refractivity contribution < 1.29 is 40.6 Å². The zero-order chi connectivity index (χ0) is 13.9. The number of esters is 1. The smallest absolute Gasteiger partial charge is 0.423 e. The van der Waals surface area contributed by atoms with Crippen LogP contribution in [0.25, 0.3) is 0 Å². The third-order valence-corrected chi connectivity index (χ3v) is 1.55. The molecule has 0 aromatic rings. The second-order valence-electron chi connectivity index (χ2n) is 2.99. The molecule has 17 heavy (non-hydrogen) atoms. The van der Waals surface area contributed by atoms with Crippen LogP contribution in [0.4, 0.5) is 26.3 Å². The summed E-state index contributed by atoms with van der Waals surface area (Å²) < 4.78 is 80.1. The number of halogens is 6. The Morgan fingerprint density at radius 2 is 1.53 bits per heavy atom. The number of hydrogen-bond donors (Lipinski definition) is 0. The molecule has 0 saturated heterocycles. The standard InChI is InChI=1S/C8H10F6O3/c1-3-16-5(15)4(2)17-6(7(9,10)11)8(12,13)14/h4,6H,3H2,1-2H3. The average molecular weight is 268 g/mol. The third kappa shape index (κ3) is 5.24. The maximum atomic E-state index is 12.0. The highest BCUT2D eigenvalue weighted by atomic mass is 19.4. The molecule has 0 heterocycles. The molecular formula is C8H10F6O3. The van der Waals surface area contributed by atoms with Gasteiger partial charge in [0.05, 0.1) is 6.61 Å². The lowest BCUT2D eigenvalue weighted by molar-refractivity contribution is -0.328. The summed E-state index contributed by atoms with van der Waals surface area (Å²) in [4.78, 5) is 10.9. The molecule has 0 amide bonds. The Labute approximate surface area is 92.7 Å². The summed E-state index contributed by atoms with van der Waals surface area (Å²) in [7, 11) is 0. The number of carbonyl (C=O) groups is 1. The van der Waals surface area contributed by atoms with Crippen LogP contribution < -0.4 is 0 Å². The van der Waals surface area contributed by atoms with Gasteiger partial charge in [-0.05, 0) is 13.8 Å². The average Bonchev–Trinajstić information content (AvgIpc) is 2.10. The fraction of sp³-hybridized carbons (Fsp3) is 0.875. The van der Waals surface area contributed by atoms with Crippen LogP contribution >= 0.6 is 0 Å². The first-order valence-corrected chi connectivity index (χ1v) is 4.45. The number of rotatable bonds is 4. The fourth-order valence-corrected chi connectivity index (χ4v) is 0.859. The maximum Gasteiger partial charge on any atom is 0.423 e. The summed E-state index contributed by atoms with van der Waals surface area (Å²) in [6, 6.07) is 0. The van der Waals surface area contributed by atoms with Crippen LogP contribution in [-0.4, -0.2) is 37.1 Å². The van der Waals surface area contributed by atoms with Gasteiger partial charge in [0, 0.05) is 0 Å². The Morgan fingerprint density at radius 1 is 1.12 bits per heavy atom. The van der Waals surface area contributed by atoms with E-state index in [-0.39, 0.29) is 6.61 Å². The summed E-state index contributed by atoms with van der Waals surface area (Å²) >= 11 is 0. The van der Waals surface area contributed by atoms with Crippen LogP contribution in [0.1, 0.15) is 13.8 Å². The molecule has 0 fully saturated rings. The first kappa shape index (κ1) is 16.0. The van der Waals surface area contributed by atoms with Gasteiger partial charge in [-0.25, -0.2) is 4.79 Å². The summed E-state index contributed by atoms with van der Waals surface area (Å²) in [6.45, 7) is 1.94. The number of carbonyl (C=O) groups excluding carboxylic acids is 1. The molecule has 0 aliphatic heterocycles. The predicted octanol–water partition coefficient (Wildman–Crippen LogP) is 2.45. The van der Waals surface area contributed by atoms with Gasteiger partial charge in [-0.2, -0.15) is 26.3 Å². The molecule has 0 aliphatic rings. The molecular weight excluding hydrogens is 258 g/mol. The maximum absolute atomic E-state index is 12.0. The van der Waals surface area contributed by atoms with E-state index in [9.17, 15) is 31.1 Å². The van der Waals surface area contributed by atoms with E-state index in [1.165, 1.54) is 6.92 Å². The molecule has 0 spiro atoms. The van der Waals surface area contributed by atoms with Crippen LogP contribution in [0, 0.1) is 0 Å². The van der Waals surface area contributed by atoms with Crippen molar-refractivity contribution in [3.8, 4) is 0 Å². The van der Waals surface area contributed by atoms with Gasteiger partial charge < -0.3 is 9.47 Å². The van der Waals surface area contributed by atoms with E-state index < -0.39 is 30.5 Å². The largest absolute Gasteiger partial charge is 0.464 e. The van der Waals surface area contributed by atoms with E-state index in [2.05, 4.69) is 9.47 Å². The Kier molecular flexibility index (Phi) is 5.24. The van der Waals surface area contributed by atoms with Crippen molar-refractivity contribution in [2.45, 2.75) is 38.4 Å². The van der Waals surface area contributed by atoms with Crippen molar-refractivity contribution >= 4 is 5.97 Å². The minimum absolute atomic E-state index is 0.171. The molecule has 3 nitrogen and oxygen atoms in total. The SMILES string of the molecule is CCOC(=O)C(C)OC(C(F)(F)F)C(F)(F)F. The van der Waals surface area contributed by atoms with Crippen molar-refractivity contribution in [3.05, 3.63) is 0 Å². The highest BCUT2D eigenvalue weighted by molar-refractivity contribution is 5.74. The van der Waals surface area contributed by atoms with Crippen LogP contribution in [0.15, 0.2) is 0 Å². The number of hydrogen-bond acceptors (Lipinski definition) is 3. The minimum Gasteiger partial charge on any atom is -0.464 e. The number of ether oxygens (including phenoxy) is 2. The minimum atomic E-state index is -5.64. The van der Waals surface area contributed by atoms with Crippen LogP contribution in [0.5, 0.6) is 0 Å². The highest BCUT2D eigenvalue weighted by Gasteiger charge is 2.59. The molecule has 1 unspecified atom stereocenters. The molecule has 0 saturated carbocycles. The fourth-order valence-electron chi connectivity index (χ4n) is 0.859. The summed E-state index contributed by atoms with van der Waals surface area (Å²) in [5.74, 6) is -1.29. The van der Waals surface area contributed by atoms with Crippen LogP contribution in [0.3, 0.4) is 0 Å². The van der Waals surface area contributed by atoms with Crippen LogP contribution in [-0.2, 0) is 14.3 Å². The second-order valence-corrected chi connectivity index (χ2v) is 2.99. The zero-order valence-electron chi connectivity index (χ0n) is 8.85. The normalized spacial score (nSPS) is 14.9. The lowest BCUT2D eigenvalue weighted by Gasteiger charge is -2.25. The van der Waals surface area contributed by atoms with Gasteiger partial charge in [0.1, 0.15) is 0 Å². The van der Waals surface area contributed by atoms with Gasteiger partial charge in [-0.3, -0.25) is 0 Å². The highest BCUT2D eigenvalue weighted by Crippen LogP contribution is 2.36. The Bertz CT molecular complexity index is 245. The molecule has 0 rings (SSSR count). The van der Waals surface area contributed by atoms with Gasteiger partial charge in [0.2, 0.25) is 6.10 Å². The molecule has 102 valence electrons. The summed E-state index contributed by atoms with van der Waals surface area (Å²) in [5, 5.41) is 0. The zero-order valence-corrected chi connectivity index (χ0v) is 8.85. The van der Waals surface area contributed by atoms with Crippen molar-refractivity contribution in [1.29, 1.82) is 0 Å². The lowest BCUT2D eigenvalue weighted by atomic mass is 10.3. The van der Waals surface area contributed by atoms with Gasteiger partial charge in [-0.1, -0.05) is 0 Å². The topological polar surface area (TPSA) is 35.5 Å². The van der Waals surface area contributed by atoms with Gasteiger partial charge >= 0.3 is 18.3 Å². The molecule has 0 aromatic carbocycles. The Hall–Kier alpha value is -0.990. The van der Waals surface area contributed by atoms with Crippen molar-refractivity contribution in [1.82, 2.24) is 0 Å². The van der Waals surface area contributed by atoms with Gasteiger partial charge in [-0.15, -0.1) is 0 Å². The molecule has 0 N–H and O–H groups in total. The van der Waals surface area contributed by atoms with Crippen molar-refractivity contribution in [2.24, 2.45) is 0 Å². The van der Waals surface area contributed by atoms with Crippen molar-refractivity contribution in [3.63, 3.8) is 0 Å². The quantitative estimate of drug-likeness (QED) is 0.580. The monoisotopic (exact) mass is 268 g/mol. The molecule has 0 aromatic heterocycles. The van der Waals surface area contributed by atoms with Gasteiger partial charge in [0.15, 0.2) is 6.10 Å². The van der Waals surface area contributed by atoms with E-state index in [4.69, 9.17) is 0 Å². The molecule has 1 atom stereocenters. The van der Waals surface area contributed by atoms with E-state index in [1.807, 2.05) is 0 Å². The molecule has 0 radical (unpaired) electrons. The number of alkyl halides is 6. The van der Waals surface area contributed by atoms with E-state index in [0.717, 1.165) is 6.92 Å². The molecule has 9 heteroatoms. The van der Waals surface area contributed by atoms with Gasteiger partial charge in [0.25, 0.3) is 0 Å². The third-order valence-electron chi connectivity index (χ3n) is 1.55. The first-order valence-electron chi connectivity index (χ1n) is 4.45. The summed E-state index contributed by atoms with van der Waals surface area (Å²) in [6.07, 6.45) is -17.2. The van der Waals surface area contributed by atoms with E-state index in [1.54, 1.807) is 0 Å². The molecule has 0 bridgehead atoms. The van der Waals surface area contributed by atoms with Crippen LogP contribution in [0.2, 0.25) is 0 Å². The first-order chi connectivity index (χ1) is 7.50. The van der Waals surface area contributed by atoms with E-state index in [0.29, 0.717) is 0 Å². The Morgan fingerprint density at radius 3 is 1.82 bits per heavy atom. The van der Waals surface area contributed by atoms with Crippen molar-refractivity contribution in [2.75, 3.05) is 6.61 Å².